The van der Waals surface area contributed by atoms with Crippen LogP contribution in [0.3, 0.4) is 0 Å². The van der Waals surface area contributed by atoms with Crippen LogP contribution in [0.15, 0.2) is 22.7 Å². The Bertz CT molecular complexity index is 626. The topological polar surface area (TPSA) is 49.8 Å². The summed E-state index contributed by atoms with van der Waals surface area (Å²) in [6.07, 6.45) is 0. The van der Waals surface area contributed by atoms with E-state index in [4.69, 9.17) is 0 Å². The molecule has 0 saturated carbocycles. The molecule has 2 rings (SSSR count). The third-order valence-corrected chi connectivity index (χ3v) is 3.55. The van der Waals surface area contributed by atoms with Gasteiger partial charge in [0.05, 0.1) is 0 Å². The van der Waals surface area contributed by atoms with Gasteiger partial charge in [-0.15, -0.1) is 0 Å². The normalized spacial score (nSPS) is 10.4. The molecule has 0 unspecified atom stereocenters. The second-order valence-electron chi connectivity index (χ2n) is 4.71. The van der Waals surface area contributed by atoms with Gasteiger partial charge in [0.1, 0.15) is 17.5 Å². The largest absolute Gasteiger partial charge is 0.370 e. The van der Waals surface area contributed by atoms with Gasteiger partial charge in [0, 0.05) is 22.3 Å². The van der Waals surface area contributed by atoms with Gasteiger partial charge in [0.2, 0.25) is 0 Å². The van der Waals surface area contributed by atoms with Gasteiger partial charge < -0.3 is 10.6 Å². The lowest BCUT2D eigenvalue weighted by Gasteiger charge is -2.15. The summed E-state index contributed by atoms with van der Waals surface area (Å²) in [5.41, 5.74) is 3.24. The Kier molecular flexibility index (Phi) is 4.60. The van der Waals surface area contributed by atoms with E-state index in [-0.39, 0.29) is 0 Å². The third-order valence-electron chi connectivity index (χ3n) is 3.05. The van der Waals surface area contributed by atoms with Gasteiger partial charge in [-0.3, -0.25) is 0 Å². The van der Waals surface area contributed by atoms with E-state index >= 15 is 0 Å². The van der Waals surface area contributed by atoms with E-state index in [0.29, 0.717) is 0 Å². The zero-order valence-electron chi connectivity index (χ0n) is 12.2. The number of aromatic nitrogens is 2. The molecule has 0 fully saturated rings. The van der Waals surface area contributed by atoms with Crippen LogP contribution in [0.5, 0.6) is 0 Å². The summed E-state index contributed by atoms with van der Waals surface area (Å²) in [6.45, 7) is 8.89. The highest BCUT2D eigenvalue weighted by Crippen LogP contribution is 2.27. The Hall–Kier alpha value is -1.62. The van der Waals surface area contributed by atoms with Gasteiger partial charge >= 0.3 is 0 Å². The molecule has 20 heavy (non-hydrogen) atoms. The number of hydrogen-bond acceptors (Lipinski definition) is 4. The highest BCUT2D eigenvalue weighted by Gasteiger charge is 2.10. The summed E-state index contributed by atoms with van der Waals surface area (Å²) in [5.74, 6) is 2.48. The molecular weight excluding hydrogens is 316 g/mol. The molecule has 1 aromatic heterocycles. The maximum Gasteiger partial charge on any atom is 0.139 e. The molecule has 2 N–H and O–H groups in total. The van der Waals surface area contributed by atoms with Gasteiger partial charge in [0.25, 0.3) is 0 Å². The minimum atomic E-state index is 0.752. The van der Waals surface area contributed by atoms with Gasteiger partial charge in [0.15, 0.2) is 0 Å². The van der Waals surface area contributed by atoms with Crippen molar-refractivity contribution in [1.29, 1.82) is 0 Å². The summed E-state index contributed by atoms with van der Waals surface area (Å²) in [4.78, 5) is 8.94. The quantitative estimate of drug-likeness (QED) is 0.873. The SMILES string of the molecule is CCNc1nc(C)nc(Nc2cc(Br)ccc2C)c1C. The highest BCUT2D eigenvalue weighted by molar-refractivity contribution is 9.10. The molecule has 0 aliphatic heterocycles. The van der Waals surface area contributed by atoms with Crippen molar-refractivity contribution in [3.63, 3.8) is 0 Å². The van der Waals surface area contributed by atoms with E-state index in [2.05, 4.69) is 62.5 Å². The van der Waals surface area contributed by atoms with Crippen molar-refractivity contribution in [1.82, 2.24) is 9.97 Å². The molecule has 0 radical (unpaired) electrons. The summed E-state index contributed by atoms with van der Waals surface area (Å²) >= 11 is 3.50. The first-order valence-electron chi connectivity index (χ1n) is 6.63. The zero-order valence-corrected chi connectivity index (χ0v) is 13.8. The summed E-state index contributed by atoms with van der Waals surface area (Å²) in [5, 5.41) is 6.67. The van der Waals surface area contributed by atoms with E-state index in [1.54, 1.807) is 0 Å². The molecule has 0 bridgehead atoms. The van der Waals surface area contributed by atoms with Crippen molar-refractivity contribution in [2.24, 2.45) is 0 Å². The minimum absolute atomic E-state index is 0.752. The number of halogens is 1. The van der Waals surface area contributed by atoms with Gasteiger partial charge in [-0.05, 0) is 45.4 Å². The van der Waals surface area contributed by atoms with Crippen molar-refractivity contribution >= 4 is 33.3 Å². The van der Waals surface area contributed by atoms with Crippen LogP contribution in [0.2, 0.25) is 0 Å². The van der Waals surface area contributed by atoms with Gasteiger partial charge in [-0.2, -0.15) is 0 Å². The lowest BCUT2D eigenvalue weighted by atomic mass is 10.2. The maximum absolute atomic E-state index is 4.50. The van der Waals surface area contributed by atoms with Crippen molar-refractivity contribution < 1.29 is 0 Å². The molecule has 1 heterocycles. The number of nitrogens with zero attached hydrogens (tertiary/aromatic N) is 2. The van der Waals surface area contributed by atoms with Crippen LogP contribution in [-0.2, 0) is 0 Å². The van der Waals surface area contributed by atoms with Crippen LogP contribution < -0.4 is 10.6 Å². The molecule has 0 atom stereocenters. The monoisotopic (exact) mass is 334 g/mol. The predicted molar refractivity (Wildman–Crippen MR) is 87.8 cm³/mol. The second kappa shape index (κ2) is 6.22. The molecule has 5 heteroatoms. The molecule has 1 aromatic carbocycles. The fourth-order valence-electron chi connectivity index (χ4n) is 1.95. The first-order chi connectivity index (χ1) is 9.51. The lowest BCUT2D eigenvalue weighted by Crippen LogP contribution is -2.08. The number of nitrogens with one attached hydrogen (secondary N) is 2. The maximum atomic E-state index is 4.50. The lowest BCUT2D eigenvalue weighted by molar-refractivity contribution is 1.02. The fraction of sp³-hybridized carbons (Fsp3) is 0.333. The van der Waals surface area contributed by atoms with Gasteiger partial charge in [-0.25, -0.2) is 9.97 Å². The van der Waals surface area contributed by atoms with Crippen LogP contribution in [0.25, 0.3) is 0 Å². The summed E-state index contributed by atoms with van der Waals surface area (Å²) in [7, 11) is 0. The average Bonchev–Trinajstić information content (AvgIpc) is 2.39. The number of benzene rings is 1. The van der Waals surface area contributed by atoms with Crippen LogP contribution in [-0.4, -0.2) is 16.5 Å². The number of rotatable bonds is 4. The van der Waals surface area contributed by atoms with Crippen molar-refractivity contribution in [2.45, 2.75) is 27.7 Å². The number of aryl methyl sites for hydroxylation is 2. The van der Waals surface area contributed by atoms with E-state index < -0.39 is 0 Å². The van der Waals surface area contributed by atoms with E-state index in [1.165, 1.54) is 5.56 Å². The van der Waals surface area contributed by atoms with E-state index in [0.717, 1.165) is 39.7 Å². The Balaban J connectivity index is 2.40. The Morgan fingerprint density at radius 3 is 2.50 bits per heavy atom. The predicted octanol–water partition coefficient (Wildman–Crippen LogP) is 4.34. The Morgan fingerprint density at radius 2 is 1.80 bits per heavy atom. The van der Waals surface area contributed by atoms with E-state index in [1.807, 2.05) is 19.9 Å². The Labute approximate surface area is 128 Å². The number of hydrogen-bond donors (Lipinski definition) is 2. The average molecular weight is 335 g/mol. The van der Waals surface area contributed by atoms with Crippen LogP contribution in [0, 0.1) is 20.8 Å². The van der Waals surface area contributed by atoms with Gasteiger partial charge in [-0.1, -0.05) is 22.0 Å². The number of anilines is 3. The Morgan fingerprint density at radius 1 is 1.10 bits per heavy atom. The van der Waals surface area contributed by atoms with Crippen LogP contribution in [0.1, 0.15) is 23.9 Å². The smallest absolute Gasteiger partial charge is 0.139 e. The molecular formula is C15H19BrN4. The molecule has 106 valence electrons. The standard InChI is InChI=1S/C15H19BrN4/c1-5-17-14-10(3)15(19-11(4)18-14)20-13-8-12(16)7-6-9(13)2/h6-8H,5H2,1-4H3,(H2,17,18,19,20). The van der Waals surface area contributed by atoms with Crippen LogP contribution >= 0.6 is 15.9 Å². The fourth-order valence-corrected chi connectivity index (χ4v) is 2.31. The first-order valence-corrected chi connectivity index (χ1v) is 7.43. The molecule has 0 amide bonds. The molecule has 0 aliphatic rings. The molecule has 4 nitrogen and oxygen atoms in total. The van der Waals surface area contributed by atoms with Crippen LogP contribution in [0.4, 0.5) is 17.3 Å². The molecule has 0 spiro atoms. The summed E-state index contributed by atoms with van der Waals surface area (Å²) < 4.78 is 1.04. The first kappa shape index (κ1) is 14.8. The molecule has 0 saturated heterocycles. The molecule has 0 aliphatic carbocycles. The second-order valence-corrected chi connectivity index (χ2v) is 5.62. The minimum Gasteiger partial charge on any atom is -0.370 e. The molecule has 2 aromatic rings. The van der Waals surface area contributed by atoms with Crippen molar-refractivity contribution in [2.75, 3.05) is 17.2 Å². The van der Waals surface area contributed by atoms with E-state index in [9.17, 15) is 0 Å². The van der Waals surface area contributed by atoms with Crippen molar-refractivity contribution in [3.8, 4) is 0 Å². The highest BCUT2D eigenvalue weighted by atomic mass is 79.9. The zero-order chi connectivity index (χ0) is 14.7. The third kappa shape index (κ3) is 3.28. The van der Waals surface area contributed by atoms with Crippen molar-refractivity contribution in [3.05, 3.63) is 39.6 Å². The summed E-state index contributed by atoms with van der Waals surface area (Å²) in [6, 6.07) is 6.16.